The summed E-state index contributed by atoms with van der Waals surface area (Å²) in [4.78, 5) is 19.6. The van der Waals surface area contributed by atoms with Gasteiger partial charge in [-0.3, -0.25) is 9.78 Å². The zero-order valence-electron chi connectivity index (χ0n) is 20.9. The highest BCUT2D eigenvalue weighted by molar-refractivity contribution is 6.08. The van der Waals surface area contributed by atoms with Crippen LogP contribution in [0.2, 0.25) is 0 Å². The van der Waals surface area contributed by atoms with Gasteiger partial charge in [-0.25, -0.2) is 0 Å². The third-order valence-corrected chi connectivity index (χ3v) is 7.60. The fraction of sp³-hybridized carbons (Fsp3) is 0.333. The number of nitrogens with zero attached hydrogens (tertiary/aromatic N) is 2. The second-order valence-electron chi connectivity index (χ2n) is 10.3. The second kappa shape index (κ2) is 8.97. The molecule has 5 heteroatoms. The molecule has 0 saturated heterocycles. The molecule has 3 aromatic carbocycles. The zero-order chi connectivity index (χ0) is 24.7. The number of pyridine rings is 1. The molecule has 1 fully saturated rings. The average molecular weight is 468 g/mol. The first-order valence-electron chi connectivity index (χ1n) is 12.4. The molecule has 2 unspecified atom stereocenters. The van der Waals surface area contributed by atoms with E-state index in [2.05, 4.69) is 60.5 Å². The molecule has 5 nitrogen and oxygen atoms in total. The van der Waals surface area contributed by atoms with Gasteiger partial charge in [0, 0.05) is 17.6 Å². The van der Waals surface area contributed by atoms with Crippen LogP contribution in [0.25, 0.3) is 32.8 Å². The van der Waals surface area contributed by atoms with Crippen LogP contribution in [-0.4, -0.2) is 46.4 Å². The van der Waals surface area contributed by atoms with Crippen molar-refractivity contribution >= 4 is 33.1 Å². The van der Waals surface area contributed by atoms with Gasteiger partial charge >= 0.3 is 0 Å². The number of fused-ring (bicyclic) bond motifs is 2. The molecule has 1 heterocycles. The van der Waals surface area contributed by atoms with Crippen LogP contribution in [-0.2, 0) is 0 Å². The van der Waals surface area contributed by atoms with E-state index in [9.17, 15) is 9.90 Å². The van der Waals surface area contributed by atoms with Crippen molar-refractivity contribution in [1.82, 2.24) is 9.88 Å². The summed E-state index contributed by atoms with van der Waals surface area (Å²) in [6.07, 6.45) is 6.29. The number of carbonyl (C=O) groups excluding carboxylic acids is 1. The van der Waals surface area contributed by atoms with Crippen molar-refractivity contribution in [2.45, 2.75) is 51.1 Å². The largest absolute Gasteiger partial charge is 0.508 e. The summed E-state index contributed by atoms with van der Waals surface area (Å²) in [7, 11) is 4.29. The summed E-state index contributed by atoms with van der Waals surface area (Å²) >= 11 is 0. The van der Waals surface area contributed by atoms with E-state index in [1.807, 2.05) is 18.2 Å². The maximum Gasteiger partial charge on any atom is 0.163 e. The number of rotatable bonds is 5. The summed E-state index contributed by atoms with van der Waals surface area (Å²) in [6, 6.07) is 18.3. The van der Waals surface area contributed by atoms with Gasteiger partial charge in [-0.05, 0) is 93.0 Å². The summed E-state index contributed by atoms with van der Waals surface area (Å²) in [6.45, 7) is 3.90. The monoisotopic (exact) mass is 467 g/mol. The van der Waals surface area contributed by atoms with Gasteiger partial charge in [-0.2, -0.15) is 0 Å². The quantitative estimate of drug-likeness (QED) is 0.322. The molecule has 1 aliphatic carbocycles. The Morgan fingerprint density at radius 2 is 1.74 bits per heavy atom. The molecular weight excluding hydrogens is 434 g/mol. The SMILES string of the molecule is CC(=O)c1cnc2ccc(-c3ccc4cc(O)ccc4c3)cc2c1NC1(C)CCCCC1N(C)C. The standard InChI is InChI=1S/C30H33N3O2/c1-19(34)26-18-31-27-13-11-23(20-8-9-22-16-24(35)12-10-21(22)15-20)17-25(27)29(26)32-30(2)14-6-5-7-28(30)33(3)4/h8-13,15-18,28,35H,5-7,14H2,1-4H3,(H,31,32). The molecule has 2 N–H and O–H groups in total. The van der Waals surface area contributed by atoms with Gasteiger partial charge in [0.05, 0.1) is 22.3 Å². The van der Waals surface area contributed by atoms with E-state index in [1.165, 1.54) is 12.8 Å². The maximum absolute atomic E-state index is 12.7. The van der Waals surface area contributed by atoms with Crippen LogP contribution in [0.1, 0.15) is 49.9 Å². The Kier molecular flexibility index (Phi) is 5.97. The summed E-state index contributed by atoms with van der Waals surface area (Å²) in [5.41, 5.74) is 4.38. The Morgan fingerprint density at radius 3 is 2.51 bits per heavy atom. The number of nitrogens with one attached hydrogen (secondary N) is 1. The van der Waals surface area contributed by atoms with E-state index >= 15 is 0 Å². The van der Waals surface area contributed by atoms with E-state index in [-0.39, 0.29) is 17.1 Å². The zero-order valence-corrected chi connectivity index (χ0v) is 20.9. The molecule has 35 heavy (non-hydrogen) atoms. The molecule has 0 aliphatic heterocycles. The number of ketones is 1. The number of hydrogen-bond donors (Lipinski definition) is 2. The minimum Gasteiger partial charge on any atom is -0.508 e. The Labute approximate surface area is 206 Å². The second-order valence-corrected chi connectivity index (χ2v) is 10.3. The van der Waals surface area contributed by atoms with Crippen LogP contribution in [0.3, 0.4) is 0 Å². The van der Waals surface area contributed by atoms with Crippen molar-refractivity contribution < 1.29 is 9.90 Å². The Balaban J connectivity index is 1.65. The van der Waals surface area contributed by atoms with E-state index in [0.717, 1.165) is 51.3 Å². The highest BCUT2D eigenvalue weighted by Gasteiger charge is 2.38. The van der Waals surface area contributed by atoms with Gasteiger partial charge in [0.25, 0.3) is 0 Å². The molecule has 0 bridgehead atoms. The summed E-state index contributed by atoms with van der Waals surface area (Å²) in [5, 5.41) is 16.7. The van der Waals surface area contributed by atoms with Crippen molar-refractivity contribution in [3.63, 3.8) is 0 Å². The van der Waals surface area contributed by atoms with Gasteiger partial charge in [-0.1, -0.05) is 37.1 Å². The van der Waals surface area contributed by atoms with E-state index in [4.69, 9.17) is 0 Å². The predicted octanol–water partition coefficient (Wildman–Crippen LogP) is 6.64. The number of Topliss-reactive ketones (excluding diaryl/α,β-unsaturated/α-hetero) is 1. The van der Waals surface area contributed by atoms with Crippen molar-refractivity contribution in [1.29, 1.82) is 0 Å². The number of phenolic OH excluding ortho intramolecular Hbond substituents is 1. The molecule has 0 amide bonds. The van der Waals surface area contributed by atoms with Crippen molar-refractivity contribution in [2.75, 3.05) is 19.4 Å². The molecule has 180 valence electrons. The van der Waals surface area contributed by atoms with Gasteiger partial charge in [-0.15, -0.1) is 0 Å². The number of likely N-dealkylation sites (N-methyl/N-ethyl adjacent to an activating group) is 1. The molecule has 0 radical (unpaired) electrons. The minimum absolute atomic E-state index is 0.0126. The predicted molar refractivity (Wildman–Crippen MR) is 144 cm³/mol. The highest BCUT2D eigenvalue weighted by Crippen LogP contribution is 2.38. The summed E-state index contributed by atoms with van der Waals surface area (Å²) < 4.78 is 0. The molecule has 2 atom stereocenters. The van der Waals surface area contributed by atoms with Crippen LogP contribution in [0.15, 0.2) is 60.8 Å². The molecule has 4 aromatic rings. The molecule has 1 aromatic heterocycles. The Morgan fingerprint density at radius 1 is 1.03 bits per heavy atom. The lowest BCUT2D eigenvalue weighted by atomic mass is 9.77. The van der Waals surface area contributed by atoms with Gasteiger partial charge < -0.3 is 15.3 Å². The van der Waals surface area contributed by atoms with Crippen LogP contribution in [0.4, 0.5) is 5.69 Å². The third kappa shape index (κ3) is 4.37. The van der Waals surface area contributed by atoms with Gasteiger partial charge in [0.2, 0.25) is 0 Å². The number of anilines is 1. The normalized spacial score (nSPS) is 20.4. The lowest BCUT2D eigenvalue weighted by Crippen LogP contribution is -2.55. The van der Waals surface area contributed by atoms with Crippen LogP contribution >= 0.6 is 0 Å². The Bertz CT molecular complexity index is 1430. The van der Waals surface area contributed by atoms with E-state index in [0.29, 0.717) is 11.6 Å². The Hall–Kier alpha value is -3.44. The smallest absolute Gasteiger partial charge is 0.163 e. The summed E-state index contributed by atoms with van der Waals surface area (Å²) in [5.74, 6) is 0.278. The lowest BCUT2D eigenvalue weighted by molar-refractivity contribution is 0.101. The minimum atomic E-state index is -0.152. The van der Waals surface area contributed by atoms with Crippen molar-refractivity contribution in [3.8, 4) is 16.9 Å². The molecular formula is C30H33N3O2. The first-order valence-corrected chi connectivity index (χ1v) is 12.4. The van der Waals surface area contributed by atoms with Crippen LogP contribution in [0, 0.1) is 0 Å². The number of carbonyl (C=O) groups is 1. The average Bonchev–Trinajstić information content (AvgIpc) is 2.83. The van der Waals surface area contributed by atoms with Crippen LogP contribution in [0.5, 0.6) is 5.75 Å². The first-order chi connectivity index (χ1) is 16.7. The fourth-order valence-corrected chi connectivity index (χ4v) is 5.76. The van der Waals surface area contributed by atoms with Crippen molar-refractivity contribution in [2.24, 2.45) is 0 Å². The topological polar surface area (TPSA) is 65.5 Å². The van der Waals surface area contributed by atoms with E-state index in [1.54, 1.807) is 25.3 Å². The van der Waals surface area contributed by atoms with Gasteiger partial charge in [0.15, 0.2) is 5.78 Å². The van der Waals surface area contributed by atoms with Crippen LogP contribution < -0.4 is 5.32 Å². The fourth-order valence-electron chi connectivity index (χ4n) is 5.76. The maximum atomic E-state index is 12.7. The third-order valence-electron chi connectivity index (χ3n) is 7.60. The first kappa shape index (κ1) is 23.3. The van der Waals surface area contributed by atoms with E-state index < -0.39 is 0 Å². The number of aromatic hydroxyl groups is 1. The van der Waals surface area contributed by atoms with Crippen molar-refractivity contribution in [3.05, 3.63) is 66.4 Å². The molecule has 1 aliphatic rings. The molecule has 0 spiro atoms. The molecule has 5 rings (SSSR count). The number of hydrogen-bond acceptors (Lipinski definition) is 5. The highest BCUT2D eigenvalue weighted by atomic mass is 16.3. The lowest BCUT2D eigenvalue weighted by Gasteiger charge is -2.46. The number of aromatic nitrogens is 1. The number of phenols is 1. The molecule has 1 saturated carbocycles. The van der Waals surface area contributed by atoms with Gasteiger partial charge in [0.1, 0.15) is 5.75 Å². The number of benzene rings is 3.